The van der Waals surface area contributed by atoms with Gasteiger partial charge in [-0.1, -0.05) is 5.16 Å². The van der Waals surface area contributed by atoms with E-state index in [1.807, 2.05) is 0 Å². The molecule has 6 heteroatoms. The summed E-state index contributed by atoms with van der Waals surface area (Å²) in [4.78, 5) is 2.31. The lowest BCUT2D eigenvalue weighted by Gasteiger charge is -2.32. The van der Waals surface area contributed by atoms with Crippen LogP contribution in [-0.4, -0.2) is 60.7 Å². The molecule has 0 spiro atoms. The third-order valence-corrected chi connectivity index (χ3v) is 2.58. The zero-order valence-electron chi connectivity index (χ0n) is 9.32. The fourth-order valence-corrected chi connectivity index (χ4v) is 1.52. The van der Waals surface area contributed by atoms with Gasteiger partial charge in [-0.15, -0.1) is 0 Å². The topological polar surface area (TPSA) is 77.1 Å². The summed E-state index contributed by atoms with van der Waals surface area (Å²) < 4.78 is 0. The number of hydrogen-bond donors (Lipinski definition) is 3. The molecule has 1 aliphatic rings. The molecule has 0 aliphatic carbocycles. The average molecular weight is 215 g/mol. The molecule has 0 aromatic carbocycles. The molecule has 1 rings (SSSR count). The first-order valence-corrected chi connectivity index (χ1v) is 5.36. The van der Waals surface area contributed by atoms with Crippen LogP contribution in [-0.2, 0) is 0 Å². The number of nitrogens with two attached hydrogens (primary N) is 1. The van der Waals surface area contributed by atoms with Gasteiger partial charge >= 0.3 is 0 Å². The van der Waals surface area contributed by atoms with Crippen molar-refractivity contribution in [2.45, 2.75) is 12.8 Å². The van der Waals surface area contributed by atoms with E-state index < -0.39 is 0 Å². The highest BCUT2D eigenvalue weighted by Crippen LogP contribution is 1.96. The minimum absolute atomic E-state index is 0.301. The molecule has 1 heterocycles. The molecule has 88 valence electrons. The van der Waals surface area contributed by atoms with E-state index in [9.17, 15) is 0 Å². The minimum Gasteiger partial charge on any atom is -0.409 e. The molecule has 0 radical (unpaired) electrons. The zero-order chi connectivity index (χ0) is 11.1. The highest BCUT2D eigenvalue weighted by molar-refractivity contribution is 5.79. The Hall–Kier alpha value is -0.850. The van der Waals surface area contributed by atoms with Crippen molar-refractivity contribution in [3.63, 3.8) is 0 Å². The lowest BCUT2D eigenvalue weighted by atomic mass is 10.3. The van der Waals surface area contributed by atoms with E-state index in [2.05, 4.69) is 27.5 Å². The first-order chi connectivity index (χ1) is 7.22. The normalized spacial score (nSPS) is 20.7. The van der Waals surface area contributed by atoms with Crippen LogP contribution < -0.4 is 11.2 Å². The molecule has 1 saturated heterocycles. The molecule has 0 bridgehead atoms. The Morgan fingerprint density at radius 3 is 2.67 bits per heavy atom. The first kappa shape index (κ1) is 12.2. The SMILES string of the molecule is CN1CCN(NCCCC(N)=NO)CC1. The smallest absolute Gasteiger partial charge is 0.139 e. The van der Waals surface area contributed by atoms with Gasteiger partial charge in [0.15, 0.2) is 0 Å². The van der Waals surface area contributed by atoms with Crippen molar-refractivity contribution in [2.24, 2.45) is 10.9 Å². The van der Waals surface area contributed by atoms with E-state index in [0.29, 0.717) is 12.3 Å². The van der Waals surface area contributed by atoms with Crippen LogP contribution in [0.15, 0.2) is 5.16 Å². The molecule has 0 atom stereocenters. The van der Waals surface area contributed by atoms with Crippen LogP contribution in [0.3, 0.4) is 0 Å². The van der Waals surface area contributed by atoms with E-state index in [4.69, 9.17) is 10.9 Å². The van der Waals surface area contributed by atoms with Crippen molar-refractivity contribution >= 4 is 5.84 Å². The van der Waals surface area contributed by atoms with Crippen LogP contribution in [0, 0.1) is 0 Å². The zero-order valence-corrected chi connectivity index (χ0v) is 9.32. The van der Waals surface area contributed by atoms with E-state index in [-0.39, 0.29) is 0 Å². The largest absolute Gasteiger partial charge is 0.409 e. The Morgan fingerprint density at radius 1 is 1.40 bits per heavy atom. The molecule has 1 fully saturated rings. The van der Waals surface area contributed by atoms with Crippen LogP contribution >= 0.6 is 0 Å². The van der Waals surface area contributed by atoms with Crippen LogP contribution in [0.1, 0.15) is 12.8 Å². The van der Waals surface area contributed by atoms with Gasteiger partial charge in [0.05, 0.1) is 0 Å². The quantitative estimate of drug-likeness (QED) is 0.185. The third kappa shape index (κ3) is 4.96. The third-order valence-electron chi connectivity index (χ3n) is 2.58. The maximum absolute atomic E-state index is 8.34. The molecule has 0 saturated carbocycles. The molecule has 4 N–H and O–H groups in total. The number of amidine groups is 1. The first-order valence-electron chi connectivity index (χ1n) is 5.36. The predicted octanol–water partition coefficient (Wildman–Crippen LogP) is -0.735. The number of rotatable bonds is 5. The number of nitrogens with zero attached hydrogens (tertiary/aromatic N) is 3. The number of oxime groups is 1. The predicted molar refractivity (Wildman–Crippen MR) is 59.7 cm³/mol. The molecule has 0 aromatic heterocycles. The van der Waals surface area contributed by atoms with Gasteiger partial charge in [-0.05, 0) is 13.5 Å². The summed E-state index contributed by atoms with van der Waals surface area (Å²) in [5, 5.41) is 13.5. The molecule has 15 heavy (non-hydrogen) atoms. The van der Waals surface area contributed by atoms with E-state index in [0.717, 1.165) is 39.1 Å². The summed E-state index contributed by atoms with van der Waals surface area (Å²) in [5.41, 5.74) is 8.70. The van der Waals surface area contributed by atoms with Crippen molar-refractivity contribution in [3.8, 4) is 0 Å². The highest BCUT2D eigenvalue weighted by atomic mass is 16.4. The Kier molecular flexibility index (Phi) is 5.38. The van der Waals surface area contributed by atoms with Gasteiger partial charge in [0.2, 0.25) is 0 Å². The van der Waals surface area contributed by atoms with Crippen LogP contribution in [0.5, 0.6) is 0 Å². The van der Waals surface area contributed by atoms with Gasteiger partial charge in [-0.2, -0.15) is 0 Å². The van der Waals surface area contributed by atoms with Crippen LogP contribution in [0.4, 0.5) is 0 Å². The lowest BCUT2D eigenvalue weighted by molar-refractivity contribution is 0.104. The monoisotopic (exact) mass is 215 g/mol. The lowest BCUT2D eigenvalue weighted by Crippen LogP contribution is -2.50. The Labute approximate surface area is 90.7 Å². The maximum Gasteiger partial charge on any atom is 0.139 e. The van der Waals surface area contributed by atoms with Gasteiger partial charge < -0.3 is 15.8 Å². The molecule has 0 aromatic rings. The van der Waals surface area contributed by atoms with Crippen molar-refractivity contribution in [1.29, 1.82) is 0 Å². The summed E-state index contributed by atoms with van der Waals surface area (Å²) in [6.07, 6.45) is 1.53. The summed E-state index contributed by atoms with van der Waals surface area (Å²) >= 11 is 0. The van der Waals surface area contributed by atoms with Crippen molar-refractivity contribution in [3.05, 3.63) is 0 Å². The minimum atomic E-state index is 0.301. The molecule has 0 unspecified atom stereocenters. The van der Waals surface area contributed by atoms with E-state index in [1.165, 1.54) is 0 Å². The van der Waals surface area contributed by atoms with Crippen LogP contribution in [0.2, 0.25) is 0 Å². The van der Waals surface area contributed by atoms with Gasteiger partial charge in [-0.25, -0.2) is 5.01 Å². The van der Waals surface area contributed by atoms with Gasteiger partial charge in [0.1, 0.15) is 5.84 Å². The Morgan fingerprint density at radius 2 is 2.07 bits per heavy atom. The fourth-order valence-electron chi connectivity index (χ4n) is 1.52. The summed E-state index contributed by atoms with van der Waals surface area (Å²) in [5.74, 6) is 0.301. The second-order valence-corrected chi connectivity index (χ2v) is 3.89. The number of nitrogens with one attached hydrogen (secondary N) is 1. The maximum atomic E-state index is 8.34. The van der Waals surface area contributed by atoms with Gasteiger partial charge in [0, 0.05) is 39.1 Å². The molecule has 1 aliphatic heterocycles. The second-order valence-electron chi connectivity index (χ2n) is 3.89. The fraction of sp³-hybridized carbons (Fsp3) is 0.889. The highest BCUT2D eigenvalue weighted by Gasteiger charge is 2.12. The second kappa shape index (κ2) is 6.60. The van der Waals surface area contributed by atoms with Crippen molar-refractivity contribution < 1.29 is 5.21 Å². The van der Waals surface area contributed by atoms with Crippen LogP contribution in [0.25, 0.3) is 0 Å². The number of piperazine rings is 1. The summed E-state index contributed by atoms with van der Waals surface area (Å²) in [7, 11) is 2.13. The number of hydrazine groups is 1. The van der Waals surface area contributed by atoms with E-state index >= 15 is 0 Å². The van der Waals surface area contributed by atoms with Crippen molar-refractivity contribution in [2.75, 3.05) is 39.8 Å². The molecular formula is C9H21N5O. The van der Waals surface area contributed by atoms with Gasteiger partial charge in [0.25, 0.3) is 0 Å². The average Bonchev–Trinajstić information content (AvgIpc) is 2.26. The molecular weight excluding hydrogens is 194 g/mol. The number of likely N-dealkylation sites (N-methyl/N-ethyl adjacent to an activating group) is 1. The summed E-state index contributed by atoms with van der Waals surface area (Å²) in [6.45, 7) is 5.19. The standard InChI is InChI=1S/C9H21N5O/c1-13-5-7-14(8-6-13)11-4-2-3-9(10)12-15/h11,15H,2-8H2,1H3,(H2,10,12). The van der Waals surface area contributed by atoms with E-state index in [1.54, 1.807) is 0 Å². The number of hydrogen-bond acceptors (Lipinski definition) is 5. The van der Waals surface area contributed by atoms with Crippen molar-refractivity contribution in [1.82, 2.24) is 15.3 Å². The van der Waals surface area contributed by atoms with Gasteiger partial charge in [-0.3, -0.25) is 5.43 Å². The summed E-state index contributed by atoms with van der Waals surface area (Å²) in [6, 6.07) is 0. The Bertz CT molecular complexity index is 201. The molecule has 6 nitrogen and oxygen atoms in total. The Balaban J connectivity index is 2.01. The molecule has 0 amide bonds.